The van der Waals surface area contributed by atoms with Crippen LogP contribution < -0.4 is 4.74 Å². The lowest BCUT2D eigenvalue weighted by atomic mass is 9.95. The number of piperidine rings is 1. The number of likely N-dealkylation sites (tertiary alicyclic amines) is 1. The van der Waals surface area contributed by atoms with Crippen molar-refractivity contribution in [3.05, 3.63) is 47.5 Å². The summed E-state index contributed by atoms with van der Waals surface area (Å²) in [7, 11) is 1.59. The number of H-pyrrole nitrogens is 1. The quantitative estimate of drug-likeness (QED) is 0.575. The van der Waals surface area contributed by atoms with E-state index in [1.54, 1.807) is 17.7 Å². The minimum absolute atomic E-state index is 0.0449. The molecule has 5 rings (SSSR count). The fourth-order valence-corrected chi connectivity index (χ4v) is 3.95. The van der Waals surface area contributed by atoms with Gasteiger partial charge in [0.25, 0.3) is 5.91 Å². The summed E-state index contributed by atoms with van der Waals surface area (Å²) < 4.78 is 6.96. The number of benzene rings is 1. The van der Waals surface area contributed by atoms with Crippen LogP contribution in [0.5, 0.6) is 5.88 Å². The number of aromatic nitrogens is 6. The van der Waals surface area contributed by atoms with Crippen LogP contribution in [0.1, 0.15) is 40.8 Å². The number of nitrogens with zero attached hydrogens (tertiary/aromatic N) is 6. The molecule has 0 atom stereocenters. The van der Waals surface area contributed by atoms with Crippen LogP contribution in [0.25, 0.3) is 16.7 Å². The normalized spacial score (nSPS) is 15.3. The first kappa shape index (κ1) is 17.6. The van der Waals surface area contributed by atoms with Crippen LogP contribution in [0, 0.1) is 6.92 Å². The standard InChI is InChI=1S/C20H21N7O2/c1-12-21-15-4-3-14(11-16(15)22-12)20(28)26-9-7-13(8-10-26)19-24-23-17-5-6-18(29-2)25-27(17)19/h3-6,11,13H,7-10H2,1-2H3,(H,21,22). The van der Waals surface area contributed by atoms with Crippen LogP contribution in [0.15, 0.2) is 30.3 Å². The van der Waals surface area contributed by atoms with E-state index in [9.17, 15) is 4.79 Å². The van der Waals surface area contributed by atoms with Crippen molar-refractivity contribution in [2.45, 2.75) is 25.7 Å². The van der Waals surface area contributed by atoms with Gasteiger partial charge in [0.1, 0.15) is 5.82 Å². The molecule has 0 spiro atoms. The van der Waals surface area contributed by atoms with Crippen LogP contribution in [-0.2, 0) is 0 Å². The lowest BCUT2D eigenvalue weighted by Crippen LogP contribution is -2.38. The highest BCUT2D eigenvalue weighted by Gasteiger charge is 2.28. The Kier molecular flexibility index (Phi) is 4.15. The van der Waals surface area contributed by atoms with Gasteiger partial charge in [-0.25, -0.2) is 4.98 Å². The zero-order chi connectivity index (χ0) is 20.0. The number of ether oxygens (including phenoxy) is 1. The summed E-state index contributed by atoms with van der Waals surface area (Å²) in [6.45, 7) is 3.25. The Hall–Kier alpha value is -3.49. The Morgan fingerprint density at radius 1 is 1.17 bits per heavy atom. The fourth-order valence-electron chi connectivity index (χ4n) is 3.95. The highest BCUT2D eigenvalue weighted by atomic mass is 16.5. The monoisotopic (exact) mass is 391 g/mol. The molecular formula is C20H21N7O2. The third-order valence-corrected chi connectivity index (χ3v) is 5.47. The third-order valence-electron chi connectivity index (χ3n) is 5.47. The van der Waals surface area contributed by atoms with E-state index >= 15 is 0 Å². The predicted molar refractivity (Wildman–Crippen MR) is 106 cm³/mol. The van der Waals surface area contributed by atoms with Crippen LogP contribution in [0.2, 0.25) is 0 Å². The van der Waals surface area contributed by atoms with Gasteiger partial charge in [0.05, 0.1) is 18.1 Å². The fraction of sp³-hybridized carbons (Fsp3) is 0.350. The van der Waals surface area contributed by atoms with Gasteiger partial charge in [0.15, 0.2) is 11.5 Å². The van der Waals surface area contributed by atoms with Gasteiger partial charge >= 0.3 is 0 Å². The Labute approximate surface area is 166 Å². The van der Waals surface area contributed by atoms with Gasteiger partial charge < -0.3 is 14.6 Å². The zero-order valence-corrected chi connectivity index (χ0v) is 16.3. The summed E-state index contributed by atoms with van der Waals surface area (Å²) >= 11 is 0. The van der Waals surface area contributed by atoms with Crippen molar-refractivity contribution < 1.29 is 9.53 Å². The number of hydrogen-bond donors (Lipinski definition) is 1. The van der Waals surface area contributed by atoms with E-state index in [-0.39, 0.29) is 11.8 Å². The van der Waals surface area contributed by atoms with E-state index < -0.39 is 0 Å². The molecule has 1 N–H and O–H groups in total. The summed E-state index contributed by atoms with van der Waals surface area (Å²) in [5.74, 6) is 2.43. The molecule has 9 heteroatoms. The van der Waals surface area contributed by atoms with E-state index in [2.05, 4.69) is 25.3 Å². The van der Waals surface area contributed by atoms with Gasteiger partial charge in [0.2, 0.25) is 5.88 Å². The second kappa shape index (κ2) is 6.84. The SMILES string of the molecule is COc1ccc2nnc(C3CCN(C(=O)c4ccc5nc(C)[nH]c5c4)CC3)n2n1. The highest BCUT2D eigenvalue weighted by molar-refractivity contribution is 5.97. The molecule has 9 nitrogen and oxygen atoms in total. The molecule has 3 aromatic heterocycles. The maximum Gasteiger partial charge on any atom is 0.253 e. The van der Waals surface area contributed by atoms with Crippen molar-refractivity contribution in [1.82, 2.24) is 34.7 Å². The van der Waals surface area contributed by atoms with Crippen LogP contribution in [-0.4, -0.2) is 60.8 Å². The summed E-state index contributed by atoms with van der Waals surface area (Å²) in [5.41, 5.74) is 3.14. The van der Waals surface area contributed by atoms with Crippen molar-refractivity contribution in [2.75, 3.05) is 20.2 Å². The molecule has 1 saturated heterocycles. The Bertz CT molecular complexity index is 1200. The number of imidazole rings is 1. The molecule has 4 heterocycles. The maximum atomic E-state index is 13.0. The van der Waals surface area contributed by atoms with Crippen molar-refractivity contribution in [3.63, 3.8) is 0 Å². The molecule has 1 aliphatic heterocycles. The highest BCUT2D eigenvalue weighted by Crippen LogP contribution is 2.28. The molecule has 1 fully saturated rings. The molecular weight excluding hydrogens is 370 g/mol. The molecule has 1 aliphatic rings. The van der Waals surface area contributed by atoms with E-state index in [4.69, 9.17) is 4.74 Å². The lowest BCUT2D eigenvalue weighted by Gasteiger charge is -2.31. The smallest absolute Gasteiger partial charge is 0.253 e. The van der Waals surface area contributed by atoms with Gasteiger partial charge in [-0.15, -0.1) is 15.3 Å². The number of hydrogen-bond acceptors (Lipinski definition) is 6. The summed E-state index contributed by atoms with van der Waals surface area (Å²) in [4.78, 5) is 22.5. The van der Waals surface area contributed by atoms with E-state index in [1.165, 1.54) is 0 Å². The van der Waals surface area contributed by atoms with E-state index in [0.717, 1.165) is 35.5 Å². The van der Waals surface area contributed by atoms with Crippen LogP contribution >= 0.6 is 0 Å². The van der Waals surface area contributed by atoms with Crippen molar-refractivity contribution in [3.8, 4) is 5.88 Å². The minimum Gasteiger partial charge on any atom is -0.480 e. The van der Waals surface area contributed by atoms with Gasteiger partial charge in [0, 0.05) is 30.6 Å². The van der Waals surface area contributed by atoms with Crippen LogP contribution in [0.3, 0.4) is 0 Å². The Balaban J connectivity index is 1.32. The molecule has 148 valence electrons. The van der Waals surface area contributed by atoms with Gasteiger partial charge in [-0.2, -0.15) is 4.52 Å². The number of amides is 1. The van der Waals surface area contributed by atoms with Gasteiger partial charge in [-0.3, -0.25) is 4.79 Å². The number of methoxy groups -OCH3 is 1. The average molecular weight is 391 g/mol. The minimum atomic E-state index is 0.0449. The van der Waals surface area contributed by atoms with E-state index in [0.29, 0.717) is 30.2 Å². The Morgan fingerprint density at radius 2 is 2.00 bits per heavy atom. The first-order chi connectivity index (χ1) is 14.1. The summed E-state index contributed by atoms with van der Waals surface area (Å²) in [6.07, 6.45) is 1.63. The largest absolute Gasteiger partial charge is 0.480 e. The molecule has 0 aliphatic carbocycles. The second-order valence-corrected chi connectivity index (χ2v) is 7.32. The topological polar surface area (TPSA) is 101 Å². The number of aromatic amines is 1. The number of carbonyl (C=O) groups is 1. The molecule has 1 aromatic carbocycles. The maximum absolute atomic E-state index is 13.0. The third kappa shape index (κ3) is 3.08. The van der Waals surface area contributed by atoms with Crippen molar-refractivity contribution in [1.29, 1.82) is 0 Å². The molecule has 4 aromatic rings. The van der Waals surface area contributed by atoms with Gasteiger partial charge in [-0.05, 0) is 44.0 Å². The first-order valence-electron chi connectivity index (χ1n) is 9.64. The molecule has 1 amide bonds. The molecule has 29 heavy (non-hydrogen) atoms. The number of fused-ring (bicyclic) bond motifs is 2. The first-order valence-corrected chi connectivity index (χ1v) is 9.64. The van der Waals surface area contributed by atoms with Crippen molar-refractivity contribution in [2.24, 2.45) is 0 Å². The lowest BCUT2D eigenvalue weighted by molar-refractivity contribution is 0.0711. The molecule has 0 bridgehead atoms. The number of nitrogens with one attached hydrogen (secondary N) is 1. The summed E-state index contributed by atoms with van der Waals surface area (Å²) in [5, 5.41) is 13.0. The van der Waals surface area contributed by atoms with Crippen LogP contribution in [0.4, 0.5) is 0 Å². The van der Waals surface area contributed by atoms with Crippen molar-refractivity contribution >= 4 is 22.6 Å². The Morgan fingerprint density at radius 3 is 2.79 bits per heavy atom. The number of aryl methyl sites for hydroxylation is 1. The zero-order valence-electron chi connectivity index (χ0n) is 16.3. The van der Waals surface area contributed by atoms with E-state index in [1.807, 2.05) is 36.1 Å². The average Bonchev–Trinajstić information content (AvgIpc) is 3.34. The summed E-state index contributed by atoms with van der Waals surface area (Å²) in [6, 6.07) is 9.23. The predicted octanol–water partition coefficient (Wildman–Crippen LogP) is 2.34. The number of rotatable bonds is 3. The molecule has 0 saturated carbocycles. The second-order valence-electron chi connectivity index (χ2n) is 7.32. The van der Waals surface area contributed by atoms with Gasteiger partial charge in [-0.1, -0.05) is 0 Å². The molecule has 0 radical (unpaired) electrons. The molecule has 0 unspecified atom stereocenters. The number of carbonyl (C=O) groups excluding carboxylic acids is 1.